The number of carbonyl (C=O) groups excluding carboxylic acids is 1. The van der Waals surface area contributed by atoms with Crippen molar-refractivity contribution in [2.24, 2.45) is 5.10 Å². The maximum Gasteiger partial charge on any atom is 0.273 e. The van der Waals surface area contributed by atoms with Crippen molar-refractivity contribution in [1.82, 2.24) is 10.4 Å². The summed E-state index contributed by atoms with van der Waals surface area (Å²) in [5.41, 5.74) is 4.68. The van der Waals surface area contributed by atoms with E-state index in [9.17, 15) is 4.79 Å². The van der Waals surface area contributed by atoms with Gasteiger partial charge in [-0.1, -0.05) is 18.2 Å². The number of fused-ring (bicyclic) bond motifs is 1. The van der Waals surface area contributed by atoms with E-state index in [0.717, 1.165) is 10.9 Å². The molecule has 24 heavy (non-hydrogen) atoms. The molecule has 0 unspecified atom stereocenters. The van der Waals surface area contributed by atoms with Crippen molar-refractivity contribution in [3.05, 3.63) is 59.8 Å². The van der Waals surface area contributed by atoms with Crippen LogP contribution in [0.25, 0.3) is 10.9 Å². The summed E-state index contributed by atoms with van der Waals surface area (Å²) in [7, 11) is 3.16. The lowest BCUT2D eigenvalue weighted by atomic mass is 10.2. The van der Waals surface area contributed by atoms with Crippen LogP contribution in [0.3, 0.4) is 0 Å². The van der Waals surface area contributed by atoms with E-state index >= 15 is 0 Å². The molecule has 3 rings (SSSR count). The van der Waals surface area contributed by atoms with Crippen molar-refractivity contribution in [3.8, 4) is 11.5 Å². The molecular formula is C18H17N3O3. The standard InChI is InChI=1S/C18H17N3O3/c1-23-13-7-8-17(24-2)12(9-13)10-20-21-18(22)15-11-19-16-6-4-3-5-14(15)16/h3-11,19H,1-2H3,(H,21,22). The van der Waals surface area contributed by atoms with E-state index in [2.05, 4.69) is 15.5 Å². The number of aromatic amines is 1. The summed E-state index contributed by atoms with van der Waals surface area (Å²) in [4.78, 5) is 15.3. The number of methoxy groups -OCH3 is 2. The molecule has 2 N–H and O–H groups in total. The first-order chi connectivity index (χ1) is 11.7. The molecule has 0 saturated carbocycles. The quantitative estimate of drug-likeness (QED) is 0.560. The number of amides is 1. The second-order valence-corrected chi connectivity index (χ2v) is 5.05. The van der Waals surface area contributed by atoms with E-state index in [1.807, 2.05) is 24.3 Å². The largest absolute Gasteiger partial charge is 0.497 e. The first-order valence-corrected chi connectivity index (χ1v) is 7.34. The normalized spacial score (nSPS) is 10.9. The highest BCUT2D eigenvalue weighted by Gasteiger charge is 2.10. The van der Waals surface area contributed by atoms with E-state index in [1.54, 1.807) is 38.6 Å². The number of nitrogens with zero attached hydrogens (tertiary/aromatic N) is 1. The molecule has 122 valence electrons. The molecule has 0 saturated heterocycles. The Labute approximate surface area is 139 Å². The lowest BCUT2D eigenvalue weighted by Crippen LogP contribution is -2.17. The SMILES string of the molecule is COc1ccc(OC)c(C=NNC(=O)c2c[nH]c3ccccc23)c1. The summed E-state index contributed by atoms with van der Waals surface area (Å²) in [5.74, 6) is 1.03. The third kappa shape index (κ3) is 3.08. The van der Waals surface area contributed by atoms with E-state index < -0.39 is 0 Å². The molecule has 0 aliphatic rings. The maximum atomic E-state index is 12.3. The molecule has 2 aromatic carbocycles. The van der Waals surface area contributed by atoms with Gasteiger partial charge in [0.15, 0.2) is 0 Å². The van der Waals surface area contributed by atoms with Gasteiger partial charge in [-0.15, -0.1) is 0 Å². The van der Waals surface area contributed by atoms with Gasteiger partial charge in [0.2, 0.25) is 0 Å². The third-order valence-corrected chi connectivity index (χ3v) is 3.64. The molecule has 6 nitrogen and oxygen atoms in total. The molecule has 0 aliphatic heterocycles. The maximum absolute atomic E-state index is 12.3. The summed E-state index contributed by atoms with van der Waals surface area (Å²) >= 11 is 0. The van der Waals surface area contributed by atoms with Crippen LogP contribution in [0.2, 0.25) is 0 Å². The zero-order valence-corrected chi connectivity index (χ0v) is 13.4. The van der Waals surface area contributed by atoms with Gasteiger partial charge in [0.1, 0.15) is 11.5 Å². The van der Waals surface area contributed by atoms with Crippen LogP contribution in [0.5, 0.6) is 11.5 Å². The van der Waals surface area contributed by atoms with Gasteiger partial charge in [-0.3, -0.25) is 4.79 Å². The second-order valence-electron chi connectivity index (χ2n) is 5.05. The van der Waals surface area contributed by atoms with Crippen molar-refractivity contribution in [2.45, 2.75) is 0 Å². The Morgan fingerprint density at radius 2 is 2.00 bits per heavy atom. The molecule has 3 aromatic rings. The fourth-order valence-electron chi connectivity index (χ4n) is 2.42. The highest BCUT2D eigenvalue weighted by molar-refractivity contribution is 6.06. The number of benzene rings is 2. The number of aromatic nitrogens is 1. The van der Waals surface area contributed by atoms with Crippen LogP contribution in [0.15, 0.2) is 53.8 Å². The van der Waals surface area contributed by atoms with Crippen LogP contribution >= 0.6 is 0 Å². The lowest BCUT2D eigenvalue weighted by Gasteiger charge is -2.06. The van der Waals surface area contributed by atoms with Crippen LogP contribution in [0, 0.1) is 0 Å². The molecule has 1 aromatic heterocycles. The van der Waals surface area contributed by atoms with E-state index in [0.29, 0.717) is 22.6 Å². The van der Waals surface area contributed by atoms with Crippen LogP contribution in [-0.4, -0.2) is 31.3 Å². The Bertz CT molecular complexity index is 899. The average molecular weight is 323 g/mol. The summed E-state index contributed by atoms with van der Waals surface area (Å²) in [5, 5.41) is 4.87. The summed E-state index contributed by atoms with van der Waals surface area (Å²) in [6.07, 6.45) is 3.19. The molecule has 1 amide bonds. The number of hydrogen-bond acceptors (Lipinski definition) is 4. The predicted octanol–water partition coefficient (Wildman–Crippen LogP) is 2.95. The lowest BCUT2D eigenvalue weighted by molar-refractivity contribution is 0.0957. The first kappa shape index (κ1) is 15.6. The van der Waals surface area contributed by atoms with Gasteiger partial charge in [0.05, 0.1) is 26.0 Å². The number of carbonyl (C=O) groups is 1. The summed E-state index contributed by atoms with van der Waals surface area (Å²) < 4.78 is 10.4. The minimum absolute atomic E-state index is 0.287. The molecule has 0 bridgehead atoms. The molecule has 1 heterocycles. The fourth-order valence-corrected chi connectivity index (χ4v) is 2.42. The molecular weight excluding hydrogens is 306 g/mol. The zero-order chi connectivity index (χ0) is 16.9. The Morgan fingerprint density at radius 1 is 1.17 bits per heavy atom. The molecule has 0 spiro atoms. The number of ether oxygens (including phenoxy) is 2. The Morgan fingerprint density at radius 3 is 2.79 bits per heavy atom. The molecule has 6 heteroatoms. The number of hydrogen-bond donors (Lipinski definition) is 2. The van der Waals surface area contributed by atoms with Crippen LogP contribution in [0.4, 0.5) is 0 Å². The number of hydrazone groups is 1. The zero-order valence-electron chi connectivity index (χ0n) is 13.4. The van der Waals surface area contributed by atoms with Crippen molar-refractivity contribution in [3.63, 3.8) is 0 Å². The van der Waals surface area contributed by atoms with E-state index in [-0.39, 0.29) is 5.91 Å². The predicted molar refractivity (Wildman–Crippen MR) is 92.9 cm³/mol. The minimum Gasteiger partial charge on any atom is -0.497 e. The first-order valence-electron chi connectivity index (χ1n) is 7.34. The van der Waals surface area contributed by atoms with Gasteiger partial charge in [-0.2, -0.15) is 5.10 Å². The minimum atomic E-state index is -0.287. The smallest absolute Gasteiger partial charge is 0.273 e. The van der Waals surface area contributed by atoms with Gasteiger partial charge in [-0.25, -0.2) is 5.43 Å². The molecule has 0 atom stereocenters. The van der Waals surface area contributed by atoms with Crippen LogP contribution in [0.1, 0.15) is 15.9 Å². The number of H-pyrrole nitrogens is 1. The van der Waals surface area contributed by atoms with Gasteiger partial charge >= 0.3 is 0 Å². The van der Waals surface area contributed by atoms with E-state index in [1.165, 1.54) is 6.21 Å². The van der Waals surface area contributed by atoms with Crippen LogP contribution < -0.4 is 14.9 Å². The van der Waals surface area contributed by atoms with Crippen molar-refractivity contribution in [2.75, 3.05) is 14.2 Å². The number of para-hydroxylation sites is 1. The topological polar surface area (TPSA) is 75.7 Å². The van der Waals surface area contributed by atoms with Gasteiger partial charge < -0.3 is 14.5 Å². The number of rotatable bonds is 5. The Balaban J connectivity index is 1.78. The summed E-state index contributed by atoms with van der Waals surface area (Å²) in [6, 6.07) is 12.9. The van der Waals surface area contributed by atoms with Gasteiger partial charge in [-0.05, 0) is 24.3 Å². The Kier molecular flexibility index (Phi) is 4.47. The highest BCUT2D eigenvalue weighted by Crippen LogP contribution is 2.22. The van der Waals surface area contributed by atoms with Crippen molar-refractivity contribution >= 4 is 23.0 Å². The second kappa shape index (κ2) is 6.87. The molecule has 0 aliphatic carbocycles. The van der Waals surface area contributed by atoms with Crippen molar-refractivity contribution < 1.29 is 14.3 Å². The molecule has 0 fully saturated rings. The Hall–Kier alpha value is -3.28. The van der Waals surface area contributed by atoms with E-state index in [4.69, 9.17) is 9.47 Å². The number of nitrogens with one attached hydrogen (secondary N) is 2. The van der Waals surface area contributed by atoms with Gasteiger partial charge in [0.25, 0.3) is 5.91 Å². The average Bonchev–Trinajstić information content (AvgIpc) is 3.05. The van der Waals surface area contributed by atoms with Crippen LogP contribution in [-0.2, 0) is 0 Å². The molecule has 0 radical (unpaired) electrons. The summed E-state index contributed by atoms with van der Waals surface area (Å²) in [6.45, 7) is 0. The fraction of sp³-hybridized carbons (Fsp3) is 0.111. The highest BCUT2D eigenvalue weighted by atomic mass is 16.5. The third-order valence-electron chi connectivity index (χ3n) is 3.64. The monoisotopic (exact) mass is 323 g/mol. The van der Waals surface area contributed by atoms with Gasteiger partial charge in [0, 0.05) is 22.7 Å². The van der Waals surface area contributed by atoms with Crippen molar-refractivity contribution in [1.29, 1.82) is 0 Å².